The Bertz CT molecular complexity index is 213. The fourth-order valence-electron chi connectivity index (χ4n) is 4.27. The molecular weight excluding hydrogens is 136 g/mol. The Morgan fingerprint density at radius 1 is 1.00 bits per heavy atom. The van der Waals surface area contributed by atoms with Gasteiger partial charge >= 0.3 is 0 Å². The van der Waals surface area contributed by atoms with Crippen LogP contribution in [-0.2, 0) is 4.74 Å². The van der Waals surface area contributed by atoms with Gasteiger partial charge in [-0.3, -0.25) is 0 Å². The summed E-state index contributed by atoms with van der Waals surface area (Å²) < 4.78 is 5.62. The lowest BCUT2D eigenvalue weighted by atomic mass is 9.81. The third kappa shape index (κ3) is 0.516. The second-order valence-corrected chi connectivity index (χ2v) is 4.95. The molecule has 4 rings (SSSR count). The van der Waals surface area contributed by atoms with Gasteiger partial charge in [-0.25, -0.2) is 0 Å². The van der Waals surface area contributed by atoms with Crippen LogP contribution in [0.1, 0.15) is 25.7 Å². The molecule has 0 aromatic carbocycles. The van der Waals surface area contributed by atoms with E-state index in [1.54, 1.807) is 12.8 Å². The van der Waals surface area contributed by atoms with E-state index < -0.39 is 0 Å². The molecule has 3 saturated carbocycles. The molecule has 0 aromatic heterocycles. The molecule has 1 heterocycles. The average Bonchev–Trinajstić information content (AvgIpc) is 2.53. The Morgan fingerprint density at radius 3 is 2.82 bits per heavy atom. The molecule has 60 valence electrons. The summed E-state index contributed by atoms with van der Waals surface area (Å²) in [4.78, 5) is 0. The molecule has 1 heteroatoms. The summed E-state index contributed by atoms with van der Waals surface area (Å²) in [5.74, 6) is 4.35. The van der Waals surface area contributed by atoms with Crippen LogP contribution >= 0.6 is 0 Å². The maximum Gasteiger partial charge on any atom is 0.0875 e. The summed E-state index contributed by atoms with van der Waals surface area (Å²) in [5, 5.41) is 0. The maximum absolute atomic E-state index is 5.62. The Kier molecular flexibility index (Phi) is 0.769. The first-order valence-electron chi connectivity index (χ1n) is 5.09. The molecule has 11 heavy (non-hydrogen) atoms. The van der Waals surface area contributed by atoms with E-state index in [9.17, 15) is 0 Å². The molecule has 0 aromatic rings. The first-order chi connectivity index (χ1) is 5.43. The minimum atomic E-state index is 0.730. The van der Waals surface area contributed by atoms with Crippen LogP contribution in [0.25, 0.3) is 0 Å². The summed E-state index contributed by atoms with van der Waals surface area (Å²) in [6.45, 7) is 0. The molecule has 4 fully saturated rings. The Morgan fingerprint density at radius 2 is 1.91 bits per heavy atom. The SMILES string of the molecule is C1C[C@H]2C[C@H]1[C@@H]1C[C@@H]3O[C@H]3[C@H]21. The molecule has 6 atom stereocenters. The zero-order valence-electron chi connectivity index (χ0n) is 6.70. The van der Waals surface area contributed by atoms with Crippen LogP contribution in [0.5, 0.6) is 0 Å². The predicted molar refractivity (Wildman–Crippen MR) is 41.1 cm³/mol. The quantitative estimate of drug-likeness (QED) is 0.480. The highest BCUT2D eigenvalue weighted by molar-refractivity contribution is 5.12. The van der Waals surface area contributed by atoms with Gasteiger partial charge in [-0.05, 0) is 49.4 Å². The normalized spacial score (nSPS) is 69.8. The Labute approximate surface area is 67.1 Å². The molecule has 4 aliphatic rings. The van der Waals surface area contributed by atoms with Gasteiger partial charge in [-0.2, -0.15) is 0 Å². The number of hydrogen-bond acceptors (Lipinski definition) is 1. The minimum absolute atomic E-state index is 0.730. The molecule has 0 unspecified atom stereocenters. The number of rotatable bonds is 0. The van der Waals surface area contributed by atoms with Crippen molar-refractivity contribution in [3.63, 3.8) is 0 Å². The van der Waals surface area contributed by atoms with E-state index in [0.29, 0.717) is 0 Å². The van der Waals surface area contributed by atoms with Crippen LogP contribution in [0.2, 0.25) is 0 Å². The van der Waals surface area contributed by atoms with Crippen LogP contribution in [0.15, 0.2) is 0 Å². The lowest BCUT2D eigenvalue weighted by Gasteiger charge is -2.25. The molecule has 0 amide bonds. The summed E-state index contributed by atoms with van der Waals surface area (Å²) in [6.07, 6.45) is 7.53. The van der Waals surface area contributed by atoms with Crippen molar-refractivity contribution in [3.05, 3.63) is 0 Å². The largest absolute Gasteiger partial charge is 0.369 e. The van der Waals surface area contributed by atoms with E-state index in [1.807, 2.05) is 0 Å². The zero-order valence-corrected chi connectivity index (χ0v) is 6.70. The number of ether oxygens (including phenoxy) is 1. The maximum atomic E-state index is 5.62. The number of fused-ring (bicyclic) bond motifs is 7. The van der Waals surface area contributed by atoms with Gasteiger partial charge in [0.05, 0.1) is 12.2 Å². The van der Waals surface area contributed by atoms with Gasteiger partial charge < -0.3 is 4.74 Å². The smallest absolute Gasteiger partial charge is 0.0875 e. The fraction of sp³-hybridized carbons (Fsp3) is 1.00. The van der Waals surface area contributed by atoms with E-state index >= 15 is 0 Å². The third-order valence-corrected chi connectivity index (χ3v) is 4.66. The van der Waals surface area contributed by atoms with Crippen molar-refractivity contribution >= 4 is 0 Å². The van der Waals surface area contributed by atoms with Crippen LogP contribution in [-0.4, -0.2) is 12.2 Å². The molecule has 1 saturated heterocycles. The van der Waals surface area contributed by atoms with Crippen LogP contribution in [0.4, 0.5) is 0 Å². The second-order valence-electron chi connectivity index (χ2n) is 4.95. The van der Waals surface area contributed by atoms with Gasteiger partial charge in [0, 0.05) is 0 Å². The van der Waals surface area contributed by atoms with Gasteiger partial charge in [-0.15, -0.1) is 0 Å². The molecule has 1 nitrogen and oxygen atoms in total. The number of hydrogen-bond donors (Lipinski definition) is 0. The summed E-state index contributed by atoms with van der Waals surface area (Å²) in [7, 11) is 0. The monoisotopic (exact) mass is 150 g/mol. The summed E-state index contributed by atoms with van der Waals surface area (Å²) >= 11 is 0. The van der Waals surface area contributed by atoms with Crippen molar-refractivity contribution in [1.82, 2.24) is 0 Å². The first-order valence-corrected chi connectivity index (χ1v) is 5.09. The summed E-state index contributed by atoms with van der Waals surface area (Å²) in [6, 6.07) is 0. The Balaban J connectivity index is 1.76. The Hall–Kier alpha value is -0.0400. The van der Waals surface area contributed by atoms with Crippen molar-refractivity contribution in [3.8, 4) is 0 Å². The van der Waals surface area contributed by atoms with Crippen molar-refractivity contribution in [2.45, 2.75) is 37.9 Å². The van der Waals surface area contributed by atoms with E-state index in [-0.39, 0.29) is 0 Å². The molecule has 0 N–H and O–H groups in total. The highest BCUT2D eigenvalue weighted by Crippen LogP contribution is 2.64. The standard InChI is InChI=1S/C10H14O/c1-2-6-3-5(1)7-4-8-10(11-8)9(6)7/h5-10H,1-4H2/t5-,6-,7-,8-,9+,10+/m0/s1. The van der Waals surface area contributed by atoms with Gasteiger partial charge in [0.25, 0.3) is 0 Å². The molecule has 0 spiro atoms. The average molecular weight is 150 g/mol. The van der Waals surface area contributed by atoms with E-state index in [0.717, 1.165) is 35.9 Å². The highest BCUT2D eigenvalue weighted by atomic mass is 16.6. The van der Waals surface area contributed by atoms with Gasteiger partial charge in [-0.1, -0.05) is 0 Å². The highest BCUT2D eigenvalue weighted by Gasteiger charge is 2.64. The van der Waals surface area contributed by atoms with Crippen LogP contribution < -0.4 is 0 Å². The van der Waals surface area contributed by atoms with Crippen molar-refractivity contribution in [2.24, 2.45) is 23.7 Å². The lowest BCUT2D eigenvalue weighted by molar-refractivity contribution is 0.147. The third-order valence-electron chi connectivity index (χ3n) is 4.66. The van der Waals surface area contributed by atoms with Crippen molar-refractivity contribution in [2.75, 3.05) is 0 Å². The number of epoxide rings is 1. The van der Waals surface area contributed by atoms with Crippen molar-refractivity contribution < 1.29 is 4.74 Å². The topological polar surface area (TPSA) is 12.5 Å². The van der Waals surface area contributed by atoms with E-state index in [2.05, 4.69) is 0 Å². The van der Waals surface area contributed by atoms with Crippen LogP contribution in [0.3, 0.4) is 0 Å². The van der Waals surface area contributed by atoms with E-state index in [1.165, 1.54) is 12.8 Å². The first kappa shape index (κ1) is 5.58. The lowest BCUT2D eigenvalue weighted by Crippen LogP contribution is -2.22. The minimum Gasteiger partial charge on any atom is -0.369 e. The molecule has 0 radical (unpaired) electrons. The molecular formula is C10H14O. The van der Waals surface area contributed by atoms with E-state index in [4.69, 9.17) is 4.74 Å². The zero-order chi connectivity index (χ0) is 7.00. The van der Waals surface area contributed by atoms with Gasteiger partial charge in [0.15, 0.2) is 0 Å². The van der Waals surface area contributed by atoms with Gasteiger partial charge in [0.2, 0.25) is 0 Å². The summed E-state index contributed by atoms with van der Waals surface area (Å²) in [5.41, 5.74) is 0. The van der Waals surface area contributed by atoms with Gasteiger partial charge in [0.1, 0.15) is 0 Å². The fourth-order valence-corrected chi connectivity index (χ4v) is 4.27. The molecule has 3 aliphatic carbocycles. The molecule has 1 aliphatic heterocycles. The van der Waals surface area contributed by atoms with Crippen molar-refractivity contribution in [1.29, 1.82) is 0 Å². The molecule has 2 bridgehead atoms. The second kappa shape index (κ2) is 1.52. The van der Waals surface area contributed by atoms with Crippen LogP contribution in [0, 0.1) is 23.7 Å². The predicted octanol–water partition coefficient (Wildman–Crippen LogP) is 1.82.